The lowest BCUT2D eigenvalue weighted by Crippen LogP contribution is -2.42. The summed E-state index contributed by atoms with van der Waals surface area (Å²) in [6.07, 6.45) is 1.08. The monoisotopic (exact) mass is 398 g/mol. The number of ether oxygens (including phenoxy) is 2. The largest absolute Gasteiger partial charge is 0.454 e. The zero-order valence-corrected chi connectivity index (χ0v) is 15.4. The van der Waals surface area contributed by atoms with Crippen molar-refractivity contribution in [2.75, 3.05) is 13.3 Å². The van der Waals surface area contributed by atoms with E-state index in [1.807, 2.05) is 6.07 Å². The summed E-state index contributed by atoms with van der Waals surface area (Å²) in [7, 11) is 0. The number of nitrogens with zero attached hydrogens (tertiary/aromatic N) is 1. The molecule has 1 saturated heterocycles. The summed E-state index contributed by atoms with van der Waals surface area (Å²) >= 11 is 6.04. The minimum atomic E-state index is -1.12. The maximum absolute atomic E-state index is 13.2. The van der Waals surface area contributed by atoms with Gasteiger partial charge in [-0.15, -0.1) is 0 Å². The number of amides is 3. The third-order valence-corrected chi connectivity index (χ3v) is 5.70. The molecule has 1 fully saturated rings. The van der Waals surface area contributed by atoms with Crippen LogP contribution in [-0.4, -0.2) is 36.0 Å². The molecule has 7 nitrogen and oxygen atoms in total. The number of ketones is 1. The van der Waals surface area contributed by atoms with Crippen molar-refractivity contribution in [3.63, 3.8) is 0 Å². The lowest BCUT2D eigenvalue weighted by Gasteiger charge is -2.22. The van der Waals surface area contributed by atoms with Crippen molar-refractivity contribution in [3.8, 4) is 11.5 Å². The summed E-state index contributed by atoms with van der Waals surface area (Å²) in [6.45, 7) is -0.235. The second-order valence-corrected chi connectivity index (χ2v) is 7.46. The molecule has 1 aliphatic carbocycles. The highest BCUT2D eigenvalue weighted by Crippen LogP contribution is 2.42. The molecule has 2 aromatic carbocycles. The predicted octanol–water partition coefficient (Wildman–Crippen LogP) is 2.64. The molecule has 0 aromatic heterocycles. The number of aryl methyl sites for hydroxylation is 1. The Bertz CT molecular complexity index is 1050. The SMILES string of the molecule is O=C(CN1C(=O)NC2(CCc3cc(Cl)ccc32)C1=O)c1ccc2c(c1)OCO2. The highest BCUT2D eigenvalue weighted by molar-refractivity contribution is 6.30. The van der Waals surface area contributed by atoms with Gasteiger partial charge < -0.3 is 14.8 Å². The summed E-state index contributed by atoms with van der Waals surface area (Å²) in [5.74, 6) is 0.272. The molecule has 2 heterocycles. The van der Waals surface area contributed by atoms with Crippen LogP contribution in [0, 0.1) is 0 Å². The van der Waals surface area contributed by atoms with Gasteiger partial charge in [0.15, 0.2) is 17.3 Å². The molecule has 8 heteroatoms. The molecule has 3 aliphatic rings. The average molecular weight is 399 g/mol. The Morgan fingerprint density at radius 3 is 2.82 bits per heavy atom. The van der Waals surface area contributed by atoms with Gasteiger partial charge in [0, 0.05) is 10.6 Å². The van der Waals surface area contributed by atoms with Crippen LogP contribution in [0.25, 0.3) is 0 Å². The smallest absolute Gasteiger partial charge is 0.325 e. The van der Waals surface area contributed by atoms with Crippen LogP contribution in [0.15, 0.2) is 36.4 Å². The predicted molar refractivity (Wildman–Crippen MR) is 98.6 cm³/mol. The minimum absolute atomic E-state index is 0.103. The fourth-order valence-electron chi connectivity index (χ4n) is 4.07. The molecule has 28 heavy (non-hydrogen) atoms. The van der Waals surface area contributed by atoms with Crippen molar-refractivity contribution in [2.24, 2.45) is 0 Å². The number of Topliss-reactive ketones (excluding diaryl/α,β-unsaturated/α-hetero) is 1. The second kappa shape index (κ2) is 5.97. The number of hydrogen-bond donors (Lipinski definition) is 1. The number of rotatable bonds is 3. The van der Waals surface area contributed by atoms with E-state index in [1.54, 1.807) is 30.3 Å². The summed E-state index contributed by atoms with van der Waals surface area (Å²) in [6, 6.07) is 9.51. The third-order valence-electron chi connectivity index (χ3n) is 5.47. The zero-order chi connectivity index (χ0) is 19.5. The van der Waals surface area contributed by atoms with E-state index in [0.717, 1.165) is 16.0 Å². The first-order valence-electron chi connectivity index (χ1n) is 8.84. The van der Waals surface area contributed by atoms with Gasteiger partial charge in [-0.25, -0.2) is 4.79 Å². The molecular formula is C20H15ClN2O5. The van der Waals surface area contributed by atoms with E-state index in [1.165, 1.54) is 0 Å². The molecule has 3 amide bonds. The first-order valence-corrected chi connectivity index (χ1v) is 9.22. The molecule has 0 radical (unpaired) electrons. The van der Waals surface area contributed by atoms with Gasteiger partial charge in [-0.3, -0.25) is 14.5 Å². The number of carbonyl (C=O) groups is 3. The third kappa shape index (κ3) is 2.39. The highest BCUT2D eigenvalue weighted by atomic mass is 35.5. The van der Waals surface area contributed by atoms with E-state index in [2.05, 4.69) is 5.32 Å². The van der Waals surface area contributed by atoms with Crippen molar-refractivity contribution in [3.05, 3.63) is 58.1 Å². The van der Waals surface area contributed by atoms with Crippen LogP contribution in [0.4, 0.5) is 4.79 Å². The van der Waals surface area contributed by atoms with E-state index in [0.29, 0.717) is 34.9 Å². The fourth-order valence-corrected chi connectivity index (χ4v) is 4.26. The molecule has 2 aromatic rings. The van der Waals surface area contributed by atoms with Gasteiger partial charge in [0.1, 0.15) is 5.54 Å². The number of urea groups is 1. The average Bonchev–Trinajstić information content (AvgIpc) is 3.35. The Labute approximate surface area is 165 Å². The molecule has 0 saturated carbocycles. The van der Waals surface area contributed by atoms with Gasteiger partial charge in [-0.1, -0.05) is 17.7 Å². The number of fused-ring (bicyclic) bond motifs is 3. The maximum atomic E-state index is 13.2. The fraction of sp³-hybridized carbons (Fsp3) is 0.250. The van der Waals surface area contributed by atoms with Crippen LogP contribution in [0.5, 0.6) is 11.5 Å². The lowest BCUT2D eigenvalue weighted by atomic mass is 9.92. The van der Waals surface area contributed by atoms with Crippen LogP contribution in [-0.2, 0) is 16.8 Å². The topological polar surface area (TPSA) is 84.9 Å². The highest BCUT2D eigenvalue weighted by Gasteiger charge is 2.55. The quantitative estimate of drug-likeness (QED) is 0.634. The van der Waals surface area contributed by atoms with E-state index < -0.39 is 17.5 Å². The minimum Gasteiger partial charge on any atom is -0.454 e. The molecule has 1 atom stereocenters. The number of carbonyl (C=O) groups excluding carboxylic acids is 3. The number of halogens is 1. The number of imide groups is 1. The Kier molecular flexibility index (Phi) is 3.64. The van der Waals surface area contributed by atoms with Crippen LogP contribution >= 0.6 is 11.6 Å². The zero-order valence-electron chi connectivity index (χ0n) is 14.7. The molecule has 1 N–H and O–H groups in total. The van der Waals surface area contributed by atoms with Crippen molar-refractivity contribution >= 4 is 29.3 Å². The lowest BCUT2D eigenvalue weighted by molar-refractivity contribution is -0.131. The van der Waals surface area contributed by atoms with E-state index in [9.17, 15) is 14.4 Å². The number of hydrogen-bond acceptors (Lipinski definition) is 5. The van der Waals surface area contributed by atoms with Gasteiger partial charge in [-0.2, -0.15) is 0 Å². The van der Waals surface area contributed by atoms with Crippen LogP contribution in [0.2, 0.25) is 5.02 Å². The first kappa shape index (κ1) is 17.1. The molecule has 1 spiro atoms. The van der Waals surface area contributed by atoms with Gasteiger partial charge >= 0.3 is 6.03 Å². The standard InChI is InChI=1S/C20H15ClN2O5/c21-13-2-3-14-11(7-13)5-6-20(14)18(25)23(19(26)22-20)9-15(24)12-1-4-16-17(8-12)28-10-27-16/h1-4,7-8H,5-6,9-10H2,(H,22,26). The Morgan fingerprint density at radius 2 is 1.96 bits per heavy atom. The van der Waals surface area contributed by atoms with Crippen molar-refractivity contribution in [1.29, 1.82) is 0 Å². The molecule has 0 bridgehead atoms. The number of nitrogens with one attached hydrogen (secondary N) is 1. The van der Waals surface area contributed by atoms with Gasteiger partial charge in [0.2, 0.25) is 6.79 Å². The Hall–Kier alpha value is -3.06. The van der Waals surface area contributed by atoms with Gasteiger partial charge in [0.05, 0.1) is 6.54 Å². The Balaban J connectivity index is 1.41. The van der Waals surface area contributed by atoms with Crippen LogP contribution < -0.4 is 14.8 Å². The molecule has 1 unspecified atom stereocenters. The van der Waals surface area contributed by atoms with Crippen molar-refractivity contribution in [1.82, 2.24) is 10.2 Å². The van der Waals surface area contributed by atoms with Crippen LogP contribution in [0.1, 0.15) is 27.9 Å². The van der Waals surface area contributed by atoms with E-state index >= 15 is 0 Å². The molecule has 2 aliphatic heterocycles. The van der Waals surface area contributed by atoms with Crippen molar-refractivity contribution < 1.29 is 23.9 Å². The second-order valence-electron chi connectivity index (χ2n) is 7.02. The summed E-state index contributed by atoms with van der Waals surface area (Å²) in [4.78, 5) is 39.4. The van der Waals surface area contributed by atoms with Gasteiger partial charge in [0.25, 0.3) is 5.91 Å². The van der Waals surface area contributed by atoms with E-state index in [4.69, 9.17) is 21.1 Å². The summed E-state index contributed by atoms with van der Waals surface area (Å²) < 4.78 is 10.5. The molecule has 5 rings (SSSR count). The Morgan fingerprint density at radius 1 is 1.14 bits per heavy atom. The summed E-state index contributed by atoms with van der Waals surface area (Å²) in [5.41, 5.74) is 0.911. The van der Waals surface area contributed by atoms with Crippen LogP contribution in [0.3, 0.4) is 0 Å². The number of benzene rings is 2. The van der Waals surface area contributed by atoms with Crippen molar-refractivity contribution in [2.45, 2.75) is 18.4 Å². The molecular weight excluding hydrogens is 384 g/mol. The first-order chi connectivity index (χ1) is 13.5. The maximum Gasteiger partial charge on any atom is 0.325 e. The molecule has 142 valence electrons. The normalized spacial score (nSPS) is 22.0. The van der Waals surface area contributed by atoms with Gasteiger partial charge in [-0.05, 0) is 54.3 Å². The van der Waals surface area contributed by atoms with E-state index in [-0.39, 0.29) is 19.1 Å². The summed E-state index contributed by atoms with van der Waals surface area (Å²) in [5, 5.41) is 3.39.